The normalized spacial score (nSPS) is 15.2. The maximum absolute atomic E-state index is 12.6. The van der Waals surface area contributed by atoms with Crippen LogP contribution in [-0.4, -0.2) is 59.0 Å². The van der Waals surface area contributed by atoms with Gasteiger partial charge in [0.15, 0.2) is 0 Å². The van der Waals surface area contributed by atoms with Crippen molar-refractivity contribution in [3.05, 3.63) is 59.7 Å². The topological polar surface area (TPSA) is 79.0 Å². The highest BCUT2D eigenvalue weighted by molar-refractivity contribution is 7.89. The van der Waals surface area contributed by atoms with Crippen LogP contribution in [0.1, 0.15) is 15.9 Å². The first-order valence-electron chi connectivity index (χ1n) is 9.10. The maximum atomic E-state index is 12.6. The molecular formula is C20H25N3O4S. The van der Waals surface area contributed by atoms with Crippen molar-refractivity contribution in [1.82, 2.24) is 9.62 Å². The van der Waals surface area contributed by atoms with E-state index in [4.69, 9.17) is 4.74 Å². The van der Waals surface area contributed by atoms with Gasteiger partial charge in [0.2, 0.25) is 10.0 Å². The smallest absolute Gasteiger partial charge is 0.251 e. The Morgan fingerprint density at radius 1 is 1.04 bits per heavy atom. The van der Waals surface area contributed by atoms with Crippen molar-refractivity contribution in [3.8, 4) is 0 Å². The number of morpholine rings is 1. The van der Waals surface area contributed by atoms with E-state index >= 15 is 0 Å². The molecule has 8 heteroatoms. The number of carbonyl (C=O) groups is 1. The summed E-state index contributed by atoms with van der Waals surface area (Å²) in [7, 11) is 0.391. The highest BCUT2D eigenvalue weighted by atomic mass is 32.2. The van der Waals surface area contributed by atoms with Crippen molar-refractivity contribution in [2.75, 3.05) is 45.3 Å². The Balaban J connectivity index is 1.61. The zero-order valence-electron chi connectivity index (χ0n) is 16.1. The van der Waals surface area contributed by atoms with Crippen LogP contribution in [-0.2, 0) is 21.3 Å². The first-order chi connectivity index (χ1) is 13.4. The molecule has 0 aliphatic carbocycles. The lowest BCUT2D eigenvalue weighted by molar-refractivity contribution is 0.0730. The lowest BCUT2D eigenvalue weighted by Gasteiger charge is -2.26. The van der Waals surface area contributed by atoms with Gasteiger partial charge in [-0.3, -0.25) is 4.79 Å². The third kappa shape index (κ3) is 4.70. The van der Waals surface area contributed by atoms with Crippen molar-refractivity contribution in [1.29, 1.82) is 0 Å². The van der Waals surface area contributed by atoms with Gasteiger partial charge in [0.1, 0.15) is 0 Å². The molecule has 0 aromatic heterocycles. The van der Waals surface area contributed by atoms with Crippen LogP contribution in [0.5, 0.6) is 0 Å². The van der Waals surface area contributed by atoms with Gasteiger partial charge in [0, 0.05) is 45.0 Å². The lowest BCUT2D eigenvalue weighted by Crippen LogP contribution is -2.40. The molecule has 1 saturated heterocycles. The van der Waals surface area contributed by atoms with E-state index in [-0.39, 0.29) is 10.8 Å². The summed E-state index contributed by atoms with van der Waals surface area (Å²) in [5, 5.41) is 2.86. The Labute approximate surface area is 166 Å². The molecule has 7 nitrogen and oxygen atoms in total. The minimum atomic E-state index is -3.55. The van der Waals surface area contributed by atoms with Crippen LogP contribution in [0.3, 0.4) is 0 Å². The summed E-state index contributed by atoms with van der Waals surface area (Å²) < 4.78 is 31.8. The minimum absolute atomic E-state index is 0.185. The highest BCUT2D eigenvalue weighted by Crippen LogP contribution is 2.18. The van der Waals surface area contributed by atoms with Crippen LogP contribution in [0.2, 0.25) is 0 Å². The fourth-order valence-electron chi connectivity index (χ4n) is 2.91. The number of rotatable bonds is 6. The van der Waals surface area contributed by atoms with Gasteiger partial charge >= 0.3 is 0 Å². The molecule has 150 valence electrons. The predicted octanol–water partition coefficient (Wildman–Crippen LogP) is 1.70. The number of anilines is 1. The van der Waals surface area contributed by atoms with Crippen LogP contribution in [0.25, 0.3) is 0 Å². The Morgan fingerprint density at radius 2 is 1.64 bits per heavy atom. The second kappa shape index (κ2) is 8.72. The van der Waals surface area contributed by atoms with Crippen molar-refractivity contribution >= 4 is 21.6 Å². The van der Waals surface area contributed by atoms with Crippen LogP contribution < -0.4 is 10.2 Å². The predicted molar refractivity (Wildman–Crippen MR) is 108 cm³/mol. The Morgan fingerprint density at radius 3 is 2.21 bits per heavy atom. The summed E-state index contributed by atoms with van der Waals surface area (Å²) in [6.45, 7) is 1.89. The largest absolute Gasteiger partial charge is 0.379 e. The van der Waals surface area contributed by atoms with Crippen LogP contribution >= 0.6 is 0 Å². The van der Waals surface area contributed by atoms with E-state index in [1.165, 1.54) is 28.6 Å². The highest BCUT2D eigenvalue weighted by Gasteiger charge is 2.26. The number of ether oxygens (including phenoxy) is 1. The summed E-state index contributed by atoms with van der Waals surface area (Å²) >= 11 is 0. The molecule has 28 heavy (non-hydrogen) atoms. The van der Waals surface area contributed by atoms with E-state index in [0.717, 1.165) is 11.3 Å². The molecule has 1 fully saturated rings. The summed E-state index contributed by atoms with van der Waals surface area (Å²) in [6, 6.07) is 14.0. The second-order valence-corrected chi connectivity index (χ2v) is 8.72. The zero-order chi connectivity index (χ0) is 20.1. The molecule has 1 heterocycles. The maximum Gasteiger partial charge on any atom is 0.251 e. The van der Waals surface area contributed by atoms with E-state index in [1.807, 2.05) is 43.3 Å². The Hall–Kier alpha value is -2.42. The number of sulfonamides is 1. The molecule has 1 amide bonds. The fraction of sp³-hybridized carbons (Fsp3) is 0.350. The zero-order valence-corrected chi connectivity index (χ0v) is 16.9. The van der Waals surface area contributed by atoms with Crippen LogP contribution in [0.4, 0.5) is 5.69 Å². The van der Waals surface area contributed by atoms with Crippen molar-refractivity contribution in [2.24, 2.45) is 0 Å². The number of hydrogen-bond acceptors (Lipinski definition) is 5. The lowest BCUT2D eigenvalue weighted by atomic mass is 10.2. The Kier molecular flexibility index (Phi) is 6.33. The van der Waals surface area contributed by atoms with Gasteiger partial charge in [-0.05, 0) is 42.0 Å². The van der Waals surface area contributed by atoms with Gasteiger partial charge in [0.25, 0.3) is 5.91 Å². The first kappa shape index (κ1) is 20.3. The molecule has 1 aliphatic rings. The van der Waals surface area contributed by atoms with Gasteiger partial charge in [-0.1, -0.05) is 12.1 Å². The summed E-state index contributed by atoms with van der Waals surface area (Å²) in [5.41, 5.74) is 2.50. The summed E-state index contributed by atoms with van der Waals surface area (Å²) in [6.07, 6.45) is 0. The molecule has 0 saturated carbocycles. The second-order valence-electron chi connectivity index (χ2n) is 6.78. The van der Waals surface area contributed by atoms with Crippen molar-refractivity contribution in [2.45, 2.75) is 11.4 Å². The van der Waals surface area contributed by atoms with Crippen LogP contribution in [0, 0.1) is 0 Å². The average Bonchev–Trinajstić information content (AvgIpc) is 2.73. The molecule has 0 spiro atoms. The van der Waals surface area contributed by atoms with E-state index in [0.29, 0.717) is 38.4 Å². The third-order valence-electron chi connectivity index (χ3n) is 4.63. The molecule has 3 rings (SSSR count). The van der Waals surface area contributed by atoms with Gasteiger partial charge < -0.3 is 15.0 Å². The molecule has 0 atom stereocenters. The molecule has 0 radical (unpaired) electrons. The number of benzene rings is 2. The van der Waals surface area contributed by atoms with Gasteiger partial charge in [0.05, 0.1) is 18.1 Å². The number of carbonyl (C=O) groups excluding carboxylic acids is 1. The Bertz CT molecular complexity index is 903. The molecule has 2 aromatic rings. The first-order valence-corrected chi connectivity index (χ1v) is 10.5. The van der Waals surface area contributed by atoms with E-state index in [2.05, 4.69) is 5.32 Å². The summed E-state index contributed by atoms with van der Waals surface area (Å²) in [5.74, 6) is -0.244. The van der Waals surface area contributed by atoms with Gasteiger partial charge in [-0.25, -0.2) is 8.42 Å². The molecule has 1 N–H and O–H groups in total. The standard InChI is InChI=1S/C20H25N3O4S/c1-22(2)18-7-3-16(4-8-18)15-21-20(24)17-5-9-19(10-6-17)28(25,26)23-11-13-27-14-12-23/h3-10H,11-15H2,1-2H3,(H,21,24). The van der Waals surface area contributed by atoms with E-state index in [1.54, 1.807) is 0 Å². The minimum Gasteiger partial charge on any atom is -0.379 e. The molecule has 2 aromatic carbocycles. The third-order valence-corrected chi connectivity index (χ3v) is 6.54. The van der Waals surface area contributed by atoms with Crippen molar-refractivity contribution in [3.63, 3.8) is 0 Å². The van der Waals surface area contributed by atoms with E-state index in [9.17, 15) is 13.2 Å². The average molecular weight is 404 g/mol. The quantitative estimate of drug-likeness (QED) is 0.794. The number of nitrogens with one attached hydrogen (secondary N) is 1. The van der Waals surface area contributed by atoms with Crippen molar-refractivity contribution < 1.29 is 17.9 Å². The fourth-order valence-corrected chi connectivity index (χ4v) is 4.32. The van der Waals surface area contributed by atoms with Crippen LogP contribution in [0.15, 0.2) is 53.4 Å². The number of amides is 1. The molecule has 1 aliphatic heterocycles. The molecule has 0 bridgehead atoms. The SMILES string of the molecule is CN(C)c1ccc(CNC(=O)c2ccc(S(=O)(=O)N3CCOCC3)cc2)cc1. The number of hydrogen-bond donors (Lipinski definition) is 1. The van der Waals surface area contributed by atoms with Gasteiger partial charge in [-0.2, -0.15) is 4.31 Å². The molecule has 0 unspecified atom stereocenters. The molecular weight excluding hydrogens is 378 g/mol. The summed E-state index contributed by atoms with van der Waals surface area (Å²) in [4.78, 5) is 14.6. The van der Waals surface area contributed by atoms with Gasteiger partial charge in [-0.15, -0.1) is 0 Å². The number of nitrogens with zero attached hydrogens (tertiary/aromatic N) is 2. The van der Waals surface area contributed by atoms with E-state index < -0.39 is 10.0 Å². The monoisotopic (exact) mass is 403 g/mol.